The lowest BCUT2D eigenvalue weighted by Gasteiger charge is -2.17. The molecule has 3 heteroatoms. The normalized spacial score (nSPS) is 14.1. The van der Waals surface area contributed by atoms with E-state index < -0.39 is 0 Å². The van der Waals surface area contributed by atoms with E-state index >= 15 is 0 Å². The first-order valence-corrected chi connectivity index (χ1v) is 3.91. The van der Waals surface area contributed by atoms with Gasteiger partial charge in [-0.25, -0.2) is 0 Å². The van der Waals surface area contributed by atoms with Gasteiger partial charge in [0.25, 0.3) is 0 Å². The third-order valence-electron chi connectivity index (χ3n) is 0.678. The molecule has 0 amide bonds. The van der Waals surface area contributed by atoms with E-state index in [0.29, 0.717) is 9.61 Å². The van der Waals surface area contributed by atoms with Crippen LogP contribution in [0.15, 0.2) is 0 Å². The number of hydrogen-bond donors (Lipinski definition) is 1. The van der Waals surface area contributed by atoms with E-state index in [1.165, 1.54) is 0 Å². The van der Waals surface area contributed by atoms with Gasteiger partial charge in [0.15, 0.2) is 0 Å². The SMILES string of the molecule is CCC[NH+]([O-])CI. The van der Waals surface area contributed by atoms with E-state index in [4.69, 9.17) is 0 Å². The molecule has 0 aliphatic carbocycles. The van der Waals surface area contributed by atoms with Crippen molar-refractivity contribution < 1.29 is 5.06 Å². The van der Waals surface area contributed by atoms with Gasteiger partial charge in [0.05, 0.1) is 6.54 Å². The molecule has 7 heavy (non-hydrogen) atoms. The van der Waals surface area contributed by atoms with Crippen LogP contribution in [-0.2, 0) is 0 Å². The largest absolute Gasteiger partial charge is 0.634 e. The van der Waals surface area contributed by atoms with Gasteiger partial charge in [-0.2, -0.15) is 0 Å². The van der Waals surface area contributed by atoms with Gasteiger partial charge < -0.3 is 10.3 Å². The van der Waals surface area contributed by atoms with Crippen LogP contribution in [0.5, 0.6) is 0 Å². The lowest BCUT2D eigenvalue weighted by Crippen LogP contribution is -3.06. The highest BCUT2D eigenvalue weighted by molar-refractivity contribution is 14.1. The van der Waals surface area contributed by atoms with Crippen molar-refractivity contribution in [3.63, 3.8) is 0 Å². The van der Waals surface area contributed by atoms with Gasteiger partial charge in [0, 0.05) is 0 Å². The van der Waals surface area contributed by atoms with Crippen LogP contribution >= 0.6 is 22.6 Å². The molecule has 44 valence electrons. The van der Waals surface area contributed by atoms with Gasteiger partial charge in [-0.05, 0) is 29.0 Å². The van der Waals surface area contributed by atoms with Crippen LogP contribution in [0.2, 0.25) is 0 Å². The fourth-order valence-corrected chi connectivity index (χ4v) is 0.727. The summed E-state index contributed by atoms with van der Waals surface area (Å²) >= 11 is 2.09. The maximum atomic E-state index is 10.4. The van der Waals surface area contributed by atoms with Gasteiger partial charge in [-0.15, -0.1) is 0 Å². The number of hydrogen-bond acceptors (Lipinski definition) is 1. The van der Waals surface area contributed by atoms with Gasteiger partial charge >= 0.3 is 0 Å². The Labute approximate surface area is 57.6 Å². The summed E-state index contributed by atoms with van der Waals surface area (Å²) in [6, 6.07) is 0. The monoisotopic (exact) mass is 215 g/mol. The molecule has 1 unspecified atom stereocenters. The average molecular weight is 215 g/mol. The molecular weight excluding hydrogens is 205 g/mol. The molecule has 0 heterocycles. The van der Waals surface area contributed by atoms with Gasteiger partial charge in [-0.1, -0.05) is 6.92 Å². The molecule has 0 bridgehead atoms. The second kappa shape index (κ2) is 4.80. The summed E-state index contributed by atoms with van der Waals surface area (Å²) in [5, 5.41) is 10.8. The Morgan fingerprint density at radius 3 is 2.43 bits per heavy atom. The van der Waals surface area contributed by atoms with Crippen molar-refractivity contribution in [1.82, 2.24) is 0 Å². The fraction of sp³-hybridized carbons (Fsp3) is 1.00. The molecule has 0 aliphatic rings. The number of halogens is 1. The zero-order chi connectivity index (χ0) is 5.70. The third kappa shape index (κ3) is 4.50. The molecule has 1 atom stereocenters. The summed E-state index contributed by atoms with van der Waals surface area (Å²) in [7, 11) is 0. The number of hydroxylamine groups is 2. The Morgan fingerprint density at radius 1 is 1.71 bits per heavy atom. The molecule has 2 nitrogen and oxygen atoms in total. The Balaban J connectivity index is 2.83. The highest BCUT2D eigenvalue weighted by Crippen LogP contribution is 1.68. The van der Waals surface area contributed by atoms with E-state index in [9.17, 15) is 5.21 Å². The Hall–Kier alpha value is 0.650. The van der Waals surface area contributed by atoms with Crippen LogP contribution in [0, 0.1) is 5.21 Å². The van der Waals surface area contributed by atoms with Crippen LogP contribution in [0.3, 0.4) is 0 Å². The molecule has 0 saturated carbocycles. The molecule has 0 aromatic carbocycles. The summed E-state index contributed by atoms with van der Waals surface area (Å²) in [6.07, 6.45) is 0.988. The van der Waals surface area contributed by atoms with Crippen LogP contribution in [0.1, 0.15) is 13.3 Å². The maximum absolute atomic E-state index is 10.4. The van der Waals surface area contributed by atoms with E-state index in [0.717, 1.165) is 13.0 Å². The smallest absolute Gasteiger partial charge is 0.127 e. The highest BCUT2D eigenvalue weighted by Gasteiger charge is 1.86. The van der Waals surface area contributed by atoms with Crippen LogP contribution in [-0.4, -0.2) is 11.1 Å². The lowest BCUT2D eigenvalue weighted by molar-refractivity contribution is -0.830. The zero-order valence-corrected chi connectivity index (χ0v) is 6.57. The van der Waals surface area contributed by atoms with Crippen molar-refractivity contribution in [1.29, 1.82) is 0 Å². The van der Waals surface area contributed by atoms with E-state index in [1.807, 2.05) is 6.92 Å². The Morgan fingerprint density at radius 2 is 2.29 bits per heavy atom. The van der Waals surface area contributed by atoms with E-state index in [-0.39, 0.29) is 0 Å². The first kappa shape index (κ1) is 7.65. The maximum Gasteiger partial charge on any atom is 0.127 e. The summed E-state index contributed by atoms with van der Waals surface area (Å²) in [4.78, 5) is 0. The standard InChI is InChI=1S/C4H10INO/c1-2-3-6(7)4-5/h6H,2-4H2,1H3. The van der Waals surface area contributed by atoms with Crippen molar-refractivity contribution in [2.75, 3.05) is 11.1 Å². The quantitative estimate of drug-likeness (QED) is 0.309. The molecule has 0 aromatic rings. The number of quaternary nitrogens is 1. The third-order valence-corrected chi connectivity index (χ3v) is 1.53. The topological polar surface area (TPSA) is 27.5 Å². The van der Waals surface area contributed by atoms with Gasteiger partial charge in [0.1, 0.15) is 4.55 Å². The number of rotatable bonds is 3. The van der Waals surface area contributed by atoms with E-state index in [1.54, 1.807) is 0 Å². The molecular formula is C4H10INO. The first-order valence-electron chi connectivity index (χ1n) is 2.39. The van der Waals surface area contributed by atoms with Crippen molar-refractivity contribution in [2.24, 2.45) is 0 Å². The molecule has 0 spiro atoms. The van der Waals surface area contributed by atoms with Crippen LogP contribution in [0.25, 0.3) is 0 Å². The number of alkyl halides is 1. The zero-order valence-electron chi connectivity index (χ0n) is 4.41. The van der Waals surface area contributed by atoms with Crippen molar-refractivity contribution in [2.45, 2.75) is 13.3 Å². The minimum absolute atomic E-state index is 0.364. The molecule has 1 N–H and O–H groups in total. The molecule has 0 aliphatic heterocycles. The minimum atomic E-state index is 0.364. The van der Waals surface area contributed by atoms with Crippen molar-refractivity contribution in [3.05, 3.63) is 5.21 Å². The average Bonchev–Trinajstić information content (AvgIpc) is 1.68. The van der Waals surface area contributed by atoms with Crippen molar-refractivity contribution in [3.8, 4) is 0 Å². The Bertz CT molecular complexity index is 42.7. The second-order valence-corrected chi connectivity index (χ2v) is 2.19. The first-order chi connectivity index (χ1) is 3.31. The summed E-state index contributed by atoms with van der Waals surface area (Å²) in [5.74, 6) is 0. The molecule has 0 saturated heterocycles. The van der Waals surface area contributed by atoms with Gasteiger partial charge in [0.2, 0.25) is 0 Å². The molecule has 0 fully saturated rings. The summed E-state index contributed by atoms with van der Waals surface area (Å²) < 4.78 is 0.672. The molecule has 0 aromatic heterocycles. The molecule has 0 rings (SSSR count). The van der Waals surface area contributed by atoms with Crippen molar-refractivity contribution >= 4 is 22.6 Å². The summed E-state index contributed by atoms with van der Waals surface area (Å²) in [5.41, 5.74) is 0. The predicted octanol–water partition coefficient (Wildman–Crippen LogP) is 0.172. The van der Waals surface area contributed by atoms with E-state index in [2.05, 4.69) is 22.6 Å². The van der Waals surface area contributed by atoms with Crippen LogP contribution < -0.4 is 5.06 Å². The lowest BCUT2D eigenvalue weighted by atomic mass is 10.5. The number of nitrogens with one attached hydrogen (secondary N) is 1. The second-order valence-electron chi connectivity index (χ2n) is 1.42. The van der Waals surface area contributed by atoms with Gasteiger partial charge in [-0.3, -0.25) is 0 Å². The highest BCUT2D eigenvalue weighted by atomic mass is 127. The summed E-state index contributed by atoms with van der Waals surface area (Å²) in [6.45, 7) is 2.77. The Kier molecular flexibility index (Phi) is 5.25. The minimum Gasteiger partial charge on any atom is -0.634 e. The fourth-order valence-electron chi connectivity index (χ4n) is 0.346. The molecule has 0 radical (unpaired) electrons. The predicted molar refractivity (Wildman–Crippen MR) is 38.4 cm³/mol. The van der Waals surface area contributed by atoms with Crippen LogP contribution in [0.4, 0.5) is 0 Å².